The van der Waals surface area contributed by atoms with Crippen molar-refractivity contribution in [3.63, 3.8) is 0 Å². The van der Waals surface area contributed by atoms with Gasteiger partial charge in [0.2, 0.25) is 5.91 Å². The quantitative estimate of drug-likeness (QED) is 0.726. The predicted octanol–water partition coefficient (Wildman–Crippen LogP) is 2.41. The van der Waals surface area contributed by atoms with Crippen LogP contribution in [0.15, 0.2) is 0 Å². The van der Waals surface area contributed by atoms with Crippen molar-refractivity contribution in [1.29, 1.82) is 0 Å². The van der Waals surface area contributed by atoms with Crippen molar-refractivity contribution in [2.24, 2.45) is 0 Å². The van der Waals surface area contributed by atoms with Crippen molar-refractivity contribution in [2.75, 3.05) is 19.6 Å². The molecule has 0 saturated carbocycles. The van der Waals surface area contributed by atoms with Crippen molar-refractivity contribution in [2.45, 2.75) is 59.4 Å². The molecule has 0 aromatic rings. The summed E-state index contributed by atoms with van der Waals surface area (Å²) in [6.45, 7) is 13.5. The lowest BCUT2D eigenvalue weighted by Crippen LogP contribution is -2.42. The maximum atomic E-state index is 11.6. The Morgan fingerprint density at radius 3 is 1.94 bits per heavy atom. The monoisotopic (exact) mass is 228 g/mol. The van der Waals surface area contributed by atoms with Crippen molar-refractivity contribution in [3.05, 3.63) is 0 Å². The molecular formula is C13H28N2O. The molecule has 0 aliphatic carbocycles. The standard InChI is InChI=1S/C13H28N2O/c1-6-9-15(10-7-2)11-8-12(16)14-13(3,4)5/h6-11H2,1-5H3,(H,14,16). The molecule has 0 atom stereocenters. The second-order valence-corrected chi connectivity index (χ2v) is 5.39. The van der Waals surface area contributed by atoms with Crippen LogP contribution in [0.4, 0.5) is 0 Å². The van der Waals surface area contributed by atoms with E-state index < -0.39 is 0 Å². The van der Waals surface area contributed by atoms with Crippen LogP contribution in [0.5, 0.6) is 0 Å². The Bertz CT molecular complexity index is 191. The van der Waals surface area contributed by atoms with Crippen molar-refractivity contribution < 1.29 is 4.79 Å². The SMILES string of the molecule is CCCN(CCC)CCC(=O)NC(C)(C)C. The normalized spacial score (nSPS) is 11.9. The minimum absolute atomic E-state index is 0.114. The lowest BCUT2D eigenvalue weighted by molar-refractivity contribution is -0.122. The van der Waals surface area contributed by atoms with Gasteiger partial charge in [-0.3, -0.25) is 4.79 Å². The molecule has 0 aliphatic heterocycles. The predicted molar refractivity (Wildman–Crippen MR) is 69.5 cm³/mol. The molecule has 0 fully saturated rings. The molecule has 0 saturated heterocycles. The largest absolute Gasteiger partial charge is 0.351 e. The topological polar surface area (TPSA) is 32.3 Å². The third kappa shape index (κ3) is 8.72. The molecule has 1 N–H and O–H groups in total. The van der Waals surface area contributed by atoms with Crippen LogP contribution in [0.1, 0.15) is 53.9 Å². The van der Waals surface area contributed by atoms with Gasteiger partial charge in [-0.05, 0) is 46.7 Å². The Morgan fingerprint density at radius 2 is 1.56 bits per heavy atom. The number of amides is 1. The van der Waals surface area contributed by atoms with E-state index in [4.69, 9.17) is 0 Å². The van der Waals surface area contributed by atoms with Gasteiger partial charge in [-0.2, -0.15) is 0 Å². The number of hydrogen-bond donors (Lipinski definition) is 1. The molecule has 0 unspecified atom stereocenters. The van der Waals surface area contributed by atoms with Gasteiger partial charge >= 0.3 is 0 Å². The highest BCUT2D eigenvalue weighted by atomic mass is 16.1. The first-order valence-corrected chi connectivity index (χ1v) is 6.42. The zero-order valence-corrected chi connectivity index (χ0v) is 11.6. The summed E-state index contributed by atoms with van der Waals surface area (Å²) in [6.07, 6.45) is 2.92. The molecular weight excluding hydrogens is 200 g/mol. The Kier molecular flexibility index (Phi) is 7.39. The van der Waals surface area contributed by atoms with Gasteiger partial charge in [0.15, 0.2) is 0 Å². The zero-order valence-electron chi connectivity index (χ0n) is 11.6. The third-order valence-electron chi connectivity index (χ3n) is 2.25. The molecule has 96 valence electrons. The molecule has 0 heterocycles. The Balaban J connectivity index is 3.86. The summed E-state index contributed by atoms with van der Waals surface area (Å²) in [5.74, 6) is 0.157. The number of carbonyl (C=O) groups excluding carboxylic acids is 1. The van der Waals surface area contributed by atoms with E-state index in [2.05, 4.69) is 24.1 Å². The van der Waals surface area contributed by atoms with Crippen LogP contribution in [0.25, 0.3) is 0 Å². The lowest BCUT2D eigenvalue weighted by atomic mass is 10.1. The summed E-state index contributed by atoms with van der Waals surface area (Å²) in [5.41, 5.74) is -0.114. The molecule has 0 radical (unpaired) electrons. The van der Waals surface area contributed by atoms with Crippen molar-refractivity contribution in [1.82, 2.24) is 10.2 Å². The summed E-state index contributed by atoms with van der Waals surface area (Å²) in [7, 11) is 0. The number of nitrogens with zero attached hydrogens (tertiary/aromatic N) is 1. The second kappa shape index (κ2) is 7.66. The van der Waals surface area contributed by atoms with Crippen LogP contribution in [0.2, 0.25) is 0 Å². The zero-order chi connectivity index (χ0) is 12.6. The van der Waals surface area contributed by atoms with E-state index in [1.54, 1.807) is 0 Å². The van der Waals surface area contributed by atoms with E-state index >= 15 is 0 Å². The van der Waals surface area contributed by atoms with Gasteiger partial charge in [0.1, 0.15) is 0 Å². The van der Waals surface area contributed by atoms with Crippen LogP contribution in [-0.2, 0) is 4.79 Å². The molecule has 3 heteroatoms. The maximum absolute atomic E-state index is 11.6. The number of rotatable bonds is 7. The Morgan fingerprint density at radius 1 is 1.06 bits per heavy atom. The number of hydrogen-bond acceptors (Lipinski definition) is 2. The first kappa shape index (κ1) is 15.4. The van der Waals surface area contributed by atoms with Crippen LogP contribution in [0.3, 0.4) is 0 Å². The van der Waals surface area contributed by atoms with Gasteiger partial charge in [0.05, 0.1) is 0 Å². The van der Waals surface area contributed by atoms with E-state index in [9.17, 15) is 4.79 Å². The molecule has 3 nitrogen and oxygen atoms in total. The maximum Gasteiger partial charge on any atom is 0.221 e. The number of nitrogens with one attached hydrogen (secondary N) is 1. The van der Waals surface area contributed by atoms with Crippen molar-refractivity contribution in [3.8, 4) is 0 Å². The average Bonchev–Trinajstić information content (AvgIpc) is 2.12. The van der Waals surface area contributed by atoms with Gasteiger partial charge < -0.3 is 10.2 Å². The fourth-order valence-electron chi connectivity index (χ4n) is 1.71. The van der Waals surface area contributed by atoms with Crippen LogP contribution in [-0.4, -0.2) is 36.0 Å². The summed E-state index contributed by atoms with van der Waals surface area (Å²) >= 11 is 0. The van der Waals surface area contributed by atoms with E-state index in [-0.39, 0.29) is 11.4 Å². The van der Waals surface area contributed by atoms with E-state index in [1.807, 2.05) is 20.8 Å². The average molecular weight is 228 g/mol. The summed E-state index contributed by atoms with van der Waals surface area (Å²) in [6, 6.07) is 0. The smallest absolute Gasteiger partial charge is 0.221 e. The third-order valence-corrected chi connectivity index (χ3v) is 2.25. The highest BCUT2D eigenvalue weighted by Crippen LogP contribution is 2.01. The van der Waals surface area contributed by atoms with Gasteiger partial charge in [0, 0.05) is 18.5 Å². The molecule has 0 aliphatic rings. The molecule has 0 rings (SSSR count). The van der Waals surface area contributed by atoms with Crippen molar-refractivity contribution >= 4 is 5.91 Å². The first-order chi connectivity index (χ1) is 7.39. The highest BCUT2D eigenvalue weighted by molar-refractivity contribution is 5.76. The molecule has 0 bridgehead atoms. The second-order valence-electron chi connectivity index (χ2n) is 5.39. The summed E-state index contributed by atoms with van der Waals surface area (Å²) < 4.78 is 0. The molecule has 0 spiro atoms. The minimum Gasteiger partial charge on any atom is -0.351 e. The van der Waals surface area contributed by atoms with E-state index in [0.717, 1.165) is 32.5 Å². The van der Waals surface area contributed by atoms with E-state index in [0.29, 0.717) is 6.42 Å². The Labute approximate surface area is 101 Å². The molecule has 1 amide bonds. The lowest BCUT2D eigenvalue weighted by Gasteiger charge is -2.23. The number of carbonyl (C=O) groups is 1. The van der Waals surface area contributed by atoms with Crippen LogP contribution >= 0.6 is 0 Å². The summed E-state index contributed by atoms with van der Waals surface area (Å²) in [4.78, 5) is 14.0. The van der Waals surface area contributed by atoms with Crippen LogP contribution < -0.4 is 5.32 Å². The molecule has 16 heavy (non-hydrogen) atoms. The molecule has 0 aromatic heterocycles. The van der Waals surface area contributed by atoms with E-state index in [1.165, 1.54) is 0 Å². The van der Waals surface area contributed by atoms with Gasteiger partial charge in [-0.1, -0.05) is 13.8 Å². The van der Waals surface area contributed by atoms with Gasteiger partial charge in [-0.25, -0.2) is 0 Å². The highest BCUT2D eigenvalue weighted by Gasteiger charge is 2.14. The molecule has 0 aromatic carbocycles. The fourth-order valence-corrected chi connectivity index (χ4v) is 1.71. The summed E-state index contributed by atoms with van der Waals surface area (Å²) in [5, 5.41) is 2.99. The Hall–Kier alpha value is -0.570. The fraction of sp³-hybridized carbons (Fsp3) is 0.923. The van der Waals surface area contributed by atoms with Gasteiger partial charge in [-0.15, -0.1) is 0 Å². The minimum atomic E-state index is -0.114. The first-order valence-electron chi connectivity index (χ1n) is 6.42. The van der Waals surface area contributed by atoms with Gasteiger partial charge in [0.25, 0.3) is 0 Å². The van der Waals surface area contributed by atoms with Crippen LogP contribution in [0, 0.1) is 0 Å².